The Hall–Kier alpha value is -4.24. The van der Waals surface area contributed by atoms with Crippen LogP contribution in [0, 0.1) is 28.4 Å². The minimum Gasteiger partial charge on any atom is -0.290 e. The molecule has 152 valence electrons. The highest BCUT2D eigenvalue weighted by Crippen LogP contribution is 2.27. The van der Waals surface area contributed by atoms with Crippen molar-refractivity contribution < 1.29 is 18.1 Å². The van der Waals surface area contributed by atoms with E-state index < -0.39 is 21.0 Å². The first kappa shape index (κ1) is 20.5. The molecule has 0 saturated heterocycles. The fraction of sp³-hybridized carbons (Fsp3) is 0.0556. The van der Waals surface area contributed by atoms with Crippen LogP contribution in [-0.4, -0.2) is 29.2 Å². The van der Waals surface area contributed by atoms with E-state index >= 15 is 0 Å². The number of carbonyl (C=O) groups is 1. The van der Waals surface area contributed by atoms with E-state index in [9.17, 15) is 28.6 Å². The molecule has 0 spiro atoms. The molecule has 0 fully saturated rings. The predicted molar refractivity (Wildman–Crippen MR) is 105 cm³/mol. The Balaban J connectivity index is 1.93. The molecule has 12 heteroatoms. The molecule has 0 bridgehead atoms. The van der Waals surface area contributed by atoms with Crippen LogP contribution in [0.15, 0.2) is 59.6 Å². The zero-order valence-electron chi connectivity index (χ0n) is 15.4. The summed E-state index contributed by atoms with van der Waals surface area (Å²) in [4.78, 5) is 22.9. The quantitative estimate of drug-likeness (QED) is 0.468. The Morgan fingerprint density at radius 1 is 1.20 bits per heavy atom. The third-order valence-corrected chi connectivity index (χ3v) is 5.33. The van der Waals surface area contributed by atoms with E-state index in [1.807, 2.05) is 4.72 Å². The van der Waals surface area contributed by atoms with Crippen molar-refractivity contribution in [3.05, 3.63) is 76.0 Å². The highest BCUT2D eigenvalue weighted by Gasteiger charge is 2.23. The number of amides is 2. The van der Waals surface area contributed by atoms with Crippen molar-refractivity contribution in [2.45, 2.75) is 11.8 Å². The van der Waals surface area contributed by atoms with Crippen molar-refractivity contribution in [1.82, 2.24) is 14.5 Å². The van der Waals surface area contributed by atoms with Crippen LogP contribution in [0.25, 0.3) is 5.69 Å². The number of para-hydroxylation sites is 2. The molecule has 0 atom stereocenters. The van der Waals surface area contributed by atoms with Gasteiger partial charge in [-0.3, -0.25) is 15.4 Å². The molecule has 3 aromatic rings. The zero-order chi connectivity index (χ0) is 21.9. The molecular formula is C18H14N6O5S. The number of sulfonamides is 1. The Bertz CT molecular complexity index is 1280. The van der Waals surface area contributed by atoms with Gasteiger partial charge in [0.05, 0.1) is 16.0 Å². The van der Waals surface area contributed by atoms with Crippen LogP contribution in [0.5, 0.6) is 0 Å². The highest BCUT2D eigenvalue weighted by molar-refractivity contribution is 7.90. The lowest BCUT2D eigenvalue weighted by Gasteiger charge is -2.11. The normalized spacial score (nSPS) is 10.8. The number of nitrogens with zero attached hydrogens (tertiary/aromatic N) is 4. The summed E-state index contributed by atoms with van der Waals surface area (Å²) in [6.07, 6.45) is 1.10. The Kier molecular flexibility index (Phi) is 5.48. The number of aryl methyl sites for hydroxylation is 1. The first-order chi connectivity index (χ1) is 14.2. The van der Waals surface area contributed by atoms with E-state index in [2.05, 4.69) is 10.4 Å². The van der Waals surface area contributed by atoms with E-state index in [-0.39, 0.29) is 27.7 Å². The number of nitrogens with one attached hydrogen (secondary N) is 2. The van der Waals surface area contributed by atoms with Gasteiger partial charge in [0.2, 0.25) is 0 Å². The minimum atomic E-state index is -4.18. The van der Waals surface area contributed by atoms with Gasteiger partial charge < -0.3 is 0 Å². The first-order valence-electron chi connectivity index (χ1n) is 8.35. The van der Waals surface area contributed by atoms with Crippen molar-refractivity contribution in [2.24, 2.45) is 0 Å². The minimum absolute atomic E-state index is 0.0132. The molecule has 0 aliphatic heterocycles. The van der Waals surface area contributed by atoms with Gasteiger partial charge in [-0.2, -0.15) is 10.4 Å². The van der Waals surface area contributed by atoms with Crippen LogP contribution in [0.2, 0.25) is 0 Å². The van der Waals surface area contributed by atoms with Gasteiger partial charge in [-0.25, -0.2) is 22.6 Å². The van der Waals surface area contributed by atoms with Crippen LogP contribution < -0.4 is 10.0 Å². The van der Waals surface area contributed by atoms with Gasteiger partial charge in [-0.15, -0.1) is 0 Å². The van der Waals surface area contributed by atoms with Crippen LogP contribution in [0.4, 0.5) is 16.3 Å². The smallest absolute Gasteiger partial charge is 0.290 e. The zero-order valence-corrected chi connectivity index (χ0v) is 16.3. The standard InChI is InChI=1S/C18H14N6O5S/c1-12-6-8-14(9-7-12)30(28,29)22-18(25)21-17-13(10-19)11-20-23(17)15-4-2-3-5-16(15)24(26)27/h2-9,11H,1H3,(H2,21,22,25). The molecule has 2 aromatic carbocycles. The van der Waals surface area contributed by atoms with E-state index in [0.29, 0.717) is 0 Å². The first-order valence-corrected chi connectivity index (χ1v) is 9.83. The summed E-state index contributed by atoms with van der Waals surface area (Å²) in [6, 6.07) is 12.0. The van der Waals surface area contributed by atoms with E-state index in [0.717, 1.165) is 16.4 Å². The van der Waals surface area contributed by atoms with E-state index in [1.54, 1.807) is 25.1 Å². The number of hydrogen-bond donors (Lipinski definition) is 2. The van der Waals surface area contributed by atoms with E-state index in [1.165, 1.54) is 36.4 Å². The molecule has 0 unspecified atom stereocenters. The maximum atomic E-state index is 12.4. The number of rotatable bonds is 5. The number of nitriles is 1. The second kappa shape index (κ2) is 8.02. The third kappa shape index (κ3) is 4.10. The van der Waals surface area contributed by atoms with Crippen molar-refractivity contribution in [1.29, 1.82) is 5.26 Å². The summed E-state index contributed by atoms with van der Waals surface area (Å²) in [5.41, 5.74) is 0.392. The van der Waals surface area contributed by atoms with Gasteiger partial charge in [0.15, 0.2) is 5.82 Å². The fourth-order valence-corrected chi connectivity index (χ4v) is 3.47. The molecular weight excluding hydrogens is 412 g/mol. The lowest BCUT2D eigenvalue weighted by atomic mass is 10.2. The van der Waals surface area contributed by atoms with Gasteiger partial charge >= 0.3 is 6.03 Å². The largest absolute Gasteiger partial charge is 0.334 e. The average molecular weight is 426 g/mol. The topological polar surface area (TPSA) is 160 Å². The van der Waals surface area contributed by atoms with Gasteiger partial charge in [-0.1, -0.05) is 29.8 Å². The second-order valence-corrected chi connectivity index (χ2v) is 7.73. The van der Waals surface area contributed by atoms with Crippen molar-refractivity contribution in [3.8, 4) is 11.8 Å². The molecule has 1 aromatic heterocycles. The van der Waals surface area contributed by atoms with Crippen molar-refractivity contribution in [3.63, 3.8) is 0 Å². The number of anilines is 1. The van der Waals surface area contributed by atoms with E-state index in [4.69, 9.17) is 0 Å². The molecule has 0 aliphatic rings. The molecule has 0 saturated carbocycles. The third-order valence-electron chi connectivity index (χ3n) is 3.99. The maximum absolute atomic E-state index is 12.4. The summed E-state index contributed by atoms with van der Waals surface area (Å²) in [7, 11) is -4.18. The monoisotopic (exact) mass is 426 g/mol. The van der Waals surface area contributed by atoms with Gasteiger partial charge in [0, 0.05) is 6.07 Å². The molecule has 2 N–H and O–H groups in total. The van der Waals surface area contributed by atoms with Crippen LogP contribution >= 0.6 is 0 Å². The molecule has 1 heterocycles. The average Bonchev–Trinajstić information content (AvgIpc) is 3.10. The van der Waals surface area contributed by atoms with Crippen LogP contribution in [0.1, 0.15) is 11.1 Å². The van der Waals surface area contributed by atoms with Gasteiger partial charge in [0.25, 0.3) is 15.7 Å². The Labute approximate surface area is 170 Å². The van der Waals surface area contributed by atoms with Crippen molar-refractivity contribution in [2.75, 3.05) is 5.32 Å². The maximum Gasteiger partial charge on any atom is 0.334 e. The summed E-state index contributed by atoms with van der Waals surface area (Å²) in [6.45, 7) is 1.78. The molecule has 30 heavy (non-hydrogen) atoms. The van der Waals surface area contributed by atoms with Crippen molar-refractivity contribution >= 4 is 27.6 Å². The number of benzene rings is 2. The number of aromatic nitrogens is 2. The molecule has 0 radical (unpaired) electrons. The SMILES string of the molecule is Cc1ccc(S(=O)(=O)NC(=O)Nc2c(C#N)cnn2-c2ccccc2[N+](=O)[O-])cc1. The second-order valence-electron chi connectivity index (χ2n) is 6.05. The summed E-state index contributed by atoms with van der Waals surface area (Å²) in [5, 5.41) is 26.7. The number of nitro benzene ring substituents is 1. The van der Waals surface area contributed by atoms with Crippen LogP contribution in [-0.2, 0) is 10.0 Å². The predicted octanol–water partition coefficient (Wildman–Crippen LogP) is 2.47. The van der Waals surface area contributed by atoms with Gasteiger partial charge in [-0.05, 0) is 25.1 Å². The summed E-state index contributed by atoms with van der Waals surface area (Å²) >= 11 is 0. The number of urea groups is 1. The Morgan fingerprint density at radius 2 is 1.87 bits per heavy atom. The number of hydrogen-bond acceptors (Lipinski definition) is 7. The lowest BCUT2D eigenvalue weighted by Crippen LogP contribution is -2.35. The van der Waals surface area contributed by atoms with Gasteiger partial charge in [0.1, 0.15) is 17.3 Å². The summed E-state index contributed by atoms with van der Waals surface area (Å²) < 4.78 is 27.6. The fourth-order valence-electron chi connectivity index (χ4n) is 2.56. The van der Waals surface area contributed by atoms with Crippen LogP contribution in [0.3, 0.4) is 0 Å². The molecule has 0 aliphatic carbocycles. The molecule has 11 nitrogen and oxygen atoms in total. The lowest BCUT2D eigenvalue weighted by molar-refractivity contribution is -0.384. The summed E-state index contributed by atoms with van der Waals surface area (Å²) in [5.74, 6) is -0.219. The number of nitro groups is 1. The molecule has 2 amide bonds. The highest BCUT2D eigenvalue weighted by atomic mass is 32.2. The number of carbonyl (C=O) groups excluding carboxylic acids is 1. The molecule has 3 rings (SSSR count). The Morgan fingerprint density at radius 3 is 2.50 bits per heavy atom.